The van der Waals surface area contributed by atoms with Gasteiger partial charge >= 0.3 is 112 Å². The van der Waals surface area contributed by atoms with Crippen LogP contribution in [0.5, 0.6) is 0 Å². The molecule has 2 unspecified atom stereocenters. The van der Waals surface area contributed by atoms with Crippen molar-refractivity contribution in [2.24, 2.45) is 23.7 Å². The van der Waals surface area contributed by atoms with Gasteiger partial charge in [0.1, 0.15) is 0 Å². The average molecular weight is 279 g/mol. The molecule has 0 saturated heterocycles. The van der Waals surface area contributed by atoms with Crippen LogP contribution in [0.1, 0.15) is 66.2 Å². The molecule has 102 valence electrons. The molecule has 0 aromatic rings. The summed E-state index contributed by atoms with van der Waals surface area (Å²) >= 11 is 2.01. The molecule has 0 spiro atoms. The zero-order chi connectivity index (χ0) is 12.4. The molecule has 17 heavy (non-hydrogen) atoms. The fraction of sp³-hybridized carbons (Fsp3) is 0.875. The Balaban J connectivity index is 2.26. The van der Waals surface area contributed by atoms with E-state index in [0.29, 0.717) is 0 Å². The quantitative estimate of drug-likeness (QED) is 0.660. The Labute approximate surface area is 112 Å². The van der Waals surface area contributed by atoms with Crippen molar-refractivity contribution in [1.82, 2.24) is 0 Å². The van der Waals surface area contributed by atoms with Crippen molar-refractivity contribution in [1.29, 1.82) is 0 Å². The van der Waals surface area contributed by atoms with E-state index in [1.54, 1.807) is 0 Å². The molecular weight excluding hydrogens is 251 g/mol. The molecule has 2 saturated carbocycles. The Bertz CT molecular complexity index is 301. The van der Waals surface area contributed by atoms with Gasteiger partial charge in [0.05, 0.1) is 0 Å². The van der Waals surface area contributed by atoms with E-state index in [1.807, 2.05) is 22.6 Å². The second kappa shape index (κ2) is 5.92. The van der Waals surface area contributed by atoms with E-state index in [2.05, 4.69) is 27.7 Å². The normalized spacial score (nSPS) is 30.2. The van der Waals surface area contributed by atoms with Crippen LogP contribution in [0.2, 0.25) is 0 Å². The molecule has 0 radical (unpaired) electrons. The molecule has 2 atom stereocenters. The zero-order valence-electron chi connectivity index (χ0n) is 11.9. The van der Waals surface area contributed by atoms with Crippen LogP contribution in [0.3, 0.4) is 0 Å². The van der Waals surface area contributed by atoms with E-state index >= 15 is 0 Å². The Hall–Kier alpha value is 0.234. The van der Waals surface area contributed by atoms with Crippen molar-refractivity contribution in [2.45, 2.75) is 66.2 Å². The van der Waals surface area contributed by atoms with Crippen LogP contribution in [0.4, 0.5) is 0 Å². The third kappa shape index (κ3) is 3.17. The number of hydrogen-bond donors (Lipinski definition) is 0. The fourth-order valence-electron chi connectivity index (χ4n) is 3.30. The van der Waals surface area contributed by atoms with Crippen LogP contribution < -0.4 is 0 Å². The summed E-state index contributed by atoms with van der Waals surface area (Å²) in [5.41, 5.74) is 0. The maximum absolute atomic E-state index is 2.40. The van der Waals surface area contributed by atoms with Gasteiger partial charge < -0.3 is 0 Å². The topological polar surface area (TPSA) is 0 Å². The second-order valence-corrected chi connectivity index (χ2v) is 7.89. The molecular formula is C16H28Ni. The molecule has 2 rings (SSSR count). The van der Waals surface area contributed by atoms with Gasteiger partial charge in [0.25, 0.3) is 0 Å². The van der Waals surface area contributed by atoms with E-state index < -0.39 is 0 Å². The third-order valence-electron chi connectivity index (χ3n) is 4.40. The third-order valence-corrected chi connectivity index (χ3v) is 6.26. The molecule has 0 amide bonds. The first kappa shape index (κ1) is 13.7. The first-order valence-electron chi connectivity index (χ1n) is 7.39. The van der Waals surface area contributed by atoms with Gasteiger partial charge in [-0.3, -0.25) is 0 Å². The van der Waals surface area contributed by atoms with Crippen molar-refractivity contribution < 1.29 is 13.6 Å². The van der Waals surface area contributed by atoms with E-state index in [0.717, 1.165) is 23.7 Å². The molecule has 0 aromatic heterocycles. The molecule has 0 N–H and O–H groups in total. The Morgan fingerprint density at radius 1 is 0.824 bits per heavy atom. The van der Waals surface area contributed by atoms with Crippen molar-refractivity contribution in [3.05, 3.63) is 0 Å². The van der Waals surface area contributed by atoms with E-state index in [-0.39, 0.29) is 0 Å². The summed E-state index contributed by atoms with van der Waals surface area (Å²) in [6.45, 7) is 9.61. The van der Waals surface area contributed by atoms with Crippen molar-refractivity contribution in [2.75, 3.05) is 0 Å². The van der Waals surface area contributed by atoms with Crippen LogP contribution in [0.25, 0.3) is 0 Å². The van der Waals surface area contributed by atoms with Gasteiger partial charge in [0, 0.05) is 0 Å². The minimum absolute atomic E-state index is 0.852. The van der Waals surface area contributed by atoms with Crippen LogP contribution in [0.15, 0.2) is 0 Å². The Kier molecular flexibility index (Phi) is 4.75. The first-order chi connectivity index (χ1) is 8.09. The molecule has 2 aliphatic rings. The number of hydrogen-bond acceptors (Lipinski definition) is 0. The second-order valence-electron chi connectivity index (χ2n) is 6.38. The van der Waals surface area contributed by atoms with Gasteiger partial charge in [-0.1, -0.05) is 0 Å². The summed E-state index contributed by atoms with van der Waals surface area (Å²) in [5.74, 6) is 3.53. The predicted octanol–water partition coefficient (Wildman–Crippen LogP) is 4.33. The molecule has 0 aliphatic heterocycles. The van der Waals surface area contributed by atoms with Crippen LogP contribution in [-0.2, 0) is 13.6 Å². The summed E-state index contributed by atoms with van der Waals surface area (Å²) in [6.07, 6.45) is 8.58. The maximum atomic E-state index is 2.40. The summed E-state index contributed by atoms with van der Waals surface area (Å²) < 4.78 is 3.69. The Morgan fingerprint density at radius 3 is 1.59 bits per heavy atom. The summed E-state index contributed by atoms with van der Waals surface area (Å²) in [4.78, 5) is 0. The SMILES string of the molecule is CC(C)C1CCC[C]1=[Ni]=[C]1CCCC1C(C)C. The van der Waals surface area contributed by atoms with E-state index in [9.17, 15) is 0 Å². The van der Waals surface area contributed by atoms with Gasteiger partial charge in [0.15, 0.2) is 0 Å². The Morgan fingerprint density at radius 2 is 1.24 bits per heavy atom. The predicted molar refractivity (Wildman–Crippen MR) is 74.4 cm³/mol. The van der Waals surface area contributed by atoms with Gasteiger partial charge in [-0.25, -0.2) is 0 Å². The number of rotatable bonds is 2. The zero-order valence-corrected chi connectivity index (χ0v) is 12.9. The minimum atomic E-state index is 0.852. The molecule has 2 fully saturated rings. The van der Waals surface area contributed by atoms with Crippen molar-refractivity contribution in [3.8, 4) is 0 Å². The van der Waals surface area contributed by atoms with Crippen LogP contribution in [0, 0.1) is 23.7 Å². The monoisotopic (exact) mass is 278 g/mol. The fourth-order valence-corrected chi connectivity index (χ4v) is 5.61. The van der Waals surface area contributed by atoms with E-state index in [4.69, 9.17) is 0 Å². The van der Waals surface area contributed by atoms with Gasteiger partial charge in [-0.2, -0.15) is 0 Å². The molecule has 0 nitrogen and oxygen atoms in total. The van der Waals surface area contributed by atoms with Gasteiger partial charge in [0.2, 0.25) is 0 Å². The molecule has 0 bridgehead atoms. The van der Waals surface area contributed by atoms with Gasteiger partial charge in [-0.05, 0) is 0 Å². The first-order valence-corrected chi connectivity index (χ1v) is 8.38. The van der Waals surface area contributed by atoms with Crippen LogP contribution >= 0.6 is 0 Å². The summed E-state index contributed by atoms with van der Waals surface area (Å²) in [5, 5.41) is 0. The molecule has 2 aliphatic carbocycles. The van der Waals surface area contributed by atoms with Crippen molar-refractivity contribution in [3.63, 3.8) is 0 Å². The van der Waals surface area contributed by atoms with Crippen LogP contribution in [-0.4, -0.2) is 8.98 Å². The molecule has 1 heteroatoms. The van der Waals surface area contributed by atoms with Crippen molar-refractivity contribution >= 4 is 8.98 Å². The standard InChI is InChI=1S/2C8H14.Ni/c2*1-7(2)8-5-3-4-6-8;/h2*7-8H,3-5H2,1-2H3;. The van der Waals surface area contributed by atoms with Gasteiger partial charge in [-0.15, -0.1) is 0 Å². The average Bonchev–Trinajstić information content (AvgIpc) is 2.86. The summed E-state index contributed by atoms with van der Waals surface area (Å²) in [7, 11) is 0. The molecule has 0 aromatic carbocycles. The van der Waals surface area contributed by atoms with E-state index in [1.165, 1.54) is 38.5 Å². The summed E-state index contributed by atoms with van der Waals surface area (Å²) in [6, 6.07) is 0. The molecule has 0 heterocycles.